The summed E-state index contributed by atoms with van der Waals surface area (Å²) in [6.07, 6.45) is -0.00880. The summed E-state index contributed by atoms with van der Waals surface area (Å²) >= 11 is 0. The molecule has 1 fully saturated rings. The Balaban J connectivity index is 1.78. The van der Waals surface area contributed by atoms with Crippen LogP contribution in [-0.2, 0) is 0 Å². The fourth-order valence-electron chi connectivity index (χ4n) is 3.43. The Morgan fingerprint density at radius 2 is 1.21 bits per heavy atom. The Bertz CT molecular complexity index is 757. The highest BCUT2D eigenvalue weighted by molar-refractivity contribution is 5.58. The number of rotatable bonds is 3. The lowest BCUT2D eigenvalue weighted by Gasteiger charge is -2.33. The number of hydrogen-bond donors (Lipinski definition) is 0. The van der Waals surface area contributed by atoms with Crippen LogP contribution in [0.5, 0.6) is 0 Å². The van der Waals surface area contributed by atoms with E-state index in [4.69, 9.17) is 0 Å². The van der Waals surface area contributed by atoms with Gasteiger partial charge in [-0.25, -0.2) is 4.39 Å². The van der Waals surface area contributed by atoms with E-state index in [-0.39, 0.29) is 12.0 Å². The van der Waals surface area contributed by atoms with E-state index < -0.39 is 0 Å². The molecule has 1 aliphatic rings. The lowest BCUT2D eigenvalue weighted by Crippen LogP contribution is -2.31. The number of nitrogens with zero attached hydrogens (tertiary/aromatic N) is 2. The Morgan fingerprint density at radius 3 is 1.71 bits per heavy atom. The van der Waals surface area contributed by atoms with Crippen molar-refractivity contribution in [1.29, 1.82) is 0 Å². The first kappa shape index (κ1) is 14.8. The molecule has 0 unspecified atom stereocenters. The van der Waals surface area contributed by atoms with Crippen LogP contribution in [0.4, 0.5) is 15.8 Å². The van der Waals surface area contributed by atoms with Crippen molar-refractivity contribution in [3.05, 3.63) is 96.3 Å². The number of para-hydroxylation sites is 2. The van der Waals surface area contributed by atoms with E-state index in [1.807, 2.05) is 42.5 Å². The molecule has 0 aromatic heterocycles. The van der Waals surface area contributed by atoms with E-state index in [1.165, 1.54) is 6.07 Å². The molecule has 0 atom stereocenters. The van der Waals surface area contributed by atoms with Gasteiger partial charge in [0.25, 0.3) is 0 Å². The van der Waals surface area contributed by atoms with Crippen molar-refractivity contribution >= 4 is 11.4 Å². The monoisotopic (exact) mass is 318 g/mol. The maximum Gasteiger partial charge on any atom is 0.128 e. The fraction of sp³-hybridized carbons (Fsp3) is 0.143. The summed E-state index contributed by atoms with van der Waals surface area (Å²) in [5, 5.41) is 0. The van der Waals surface area contributed by atoms with Crippen molar-refractivity contribution in [2.45, 2.75) is 6.17 Å². The number of benzene rings is 3. The molecule has 0 spiro atoms. The first-order valence-electron chi connectivity index (χ1n) is 8.22. The molecule has 1 saturated heterocycles. The van der Waals surface area contributed by atoms with Gasteiger partial charge in [-0.15, -0.1) is 0 Å². The van der Waals surface area contributed by atoms with E-state index in [1.54, 1.807) is 12.1 Å². The molecule has 3 heteroatoms. The van der Waals surface area contributed by atoms with Crippen LogP contribution in [0.15, 0.2) is 84.9 Å². The molecule has 0 N–H and O–H groups in total. The van der Waals surface area contributed by atoms with Gasteiger partial charge in [-0.05, 0) is 42.0 Å². The van der Waals surface area contributed by atoms with Crippen LogP contribution in [0.3, 0.4) is 0 Å². The molecule has 4 rings (SSSR count). The smallest absolute Gasteiger partial charge is 0.128 e. The largest absolute Gasteiger partial charge is 0.346 e. The van der Waals surface area contributed by atoms with Crippen LogP contribution in [0, 0.1) is 5.82 Å². The van der Waals surface area contributed by atoms with E-state index >= 15 is 0 Å². The van der Waals surface area contributed by atoms with Crippen LogP contribution >= 0.6 is 0 Å². The van der Waals surface area contributed by atoms with Crippen LogP contribution in [-0.4, -0.2) is 13.1 Å². The highest BCUT2D eigenvalue weighted by Gasteiger charge is 2.33. The molecule has 1 heterocycles. The lowest BCUT2D eigenvalue weighted by molar-refractivity contribution is 0.618. The molecule has 0 amide bonds. The van der Waals surface area contributed by atoms with E-state index in [2.05, 4.69) is 34.1 Å². The first-order chi connectivity index (χ1) is 11.8. The minimum absolute atomic E-state index is 0.00880. The highest BCUT2D eigenvalue weighted by atomic mass is 19.1. The standard InChI is InChI=1S/C21H19FN2/c22-18-9-7-8-17(16-18)21-23(19-10-3-1-4-11-19)14-15-24(21)20-12-5-2-6-13-20/h1-13,16,21H,14-15H2. The summed E-state index contributed by atoms with van der Waals surface area (Å²) in [4.78, 5) is 4.67. The topological polar surface area (TPSA) is 6.48 Å². The predicted molar refractivity (Wildman–Crippen MR) is 96.7 cm³/mol. The molecule has 1 aliphatic heterocycles. The summed E-state index contributed by atoms with van der Waals surface area (Å²) in [5.41, 5.74) is 3.29. The summed E-state index contributed by atoms with van der Waals surface area (Å²) in [6.45, 7) is 1.81. The zero-order valence-corrected chi connectivity index (χ0v) is 13.3. The number of hydrogen-bond acceptors (Lipinski definition) is 2. The van der Waals surface area contributed by atoms with Crippen molar-refractivity contribution in [3.8, 4) is 0 Å². The van der Waals surface area contributed by atoms with Gasteiger partial charge in [-0.1, -0.05) is 48.5 Å². The first-order valence-corrected chi connectivity index (χ1v) is 8.22. The third-order valence-electron chi connectivity index (χ3n) is 4.49. The molecular weight excluding hydrogens is 299 g/mol. The van der Waals surface area contributed by atoms with Crippen molar-refractivity contribution in [2.24, 2.45) is 0 Å². The third-order valence-corrected chi connectivity index (χ3v) is 4.49. The average molecular weight is 318 g/mol. The van der Waals surface area contributed by atoms with Crippen LogP contribution in [0.25, 0.3) is 0 Å². The molecule has 3 aromatic rings. The second kappa shape index (κ2) is 6.36. The second-order valence-corrected chi connectivity index (χ2v) is 5.99. The minimum atomic E-state index is -0.194. The van der Waals surface area contributed by atoms with Gasteiger partial charge in [0, 0.05) is 24.5 Å². The molecule has 0 bridgehead atoms. The zero-order chi connectivity index (χ0) is 16.4. The Labute approximate surface area is 141 Å². The summed E-state index contributed by atoms with van der Waals surface area (Å²) < 4.78 is 13.8. The quantitative estimate of drug-likeness (QED) is 0.681. The number of halogens is 1. The summed E-state index contributed by atoms with van der Waals surface area (Å²) in [5.74, 6) is -0.194. The van der Waals surface area contributed by atoms with Crippen molar-refractivity contribution < 1.29 is 4.39 Å². The maximum absolute atomic E-state index is 13.8. The summed E-state index contributed by atoms with van der Waals surface area (Å²) in [7, 11) is 0. The summed E-state index contributed by atoms with van der Waals surface area (Å²) in [6, 6.07) is 27.6. The lowest BCUT2D eigenvalue weighted by atomic mass is 10.1. The van der Waals surface area contributed by atoms with Crippen molar-refractivity contribution in [3.63, 3.8) is 0 Å². The second-order valence-electron chi connectivity index (χ2n) is 5.99. The highest BCUT2D eigenvalue weighted by Crippen LogP contribution is 2.37. The van der Waals surface area contributed by atoms with Crippen molar-refractivity contribution in [1.82, 2.24) is 0 Å². The number of anilines is 2. The van der Waals surface area contributed by atoms with Crippen LogP contribution < -0.4 is 9.80 Å². The molecular formula is C21H19FN2. The molecule has 0 radical (unpaired) electrons. The Kier molecular flexibility index (Phi) is 3.91. The molecule has 120 valence electrons. The van der Waals surface area contributed by atoms with Gasteiger partial charge in [0.2, 0.25) is 0 Å². The van der Waals surface area contributed by atoms with E-state index in [0.717, 1.165) is 30.0 Å². The van der Waals surface area contributed by atoms with Gasteiger partial charge >= 0.3 is 0 Å². The van der Waals surface area contributed by atoms with Crippen LogP contribution in [0.1, 0.15) is 11.7 Å². The SMILES string of the molecule is Fc1cccc(C2N(c3ccccc3)CCN2c2ccccc2)c1. The predicted octanol–water partition coefficient (Wildman–Crippen LogP) is 4.85. The molecule has 0 aliphatic carbocycles. The maximum atomic E-state index is 13.8. The molecule has 3 aromatic carbocycles. The van der Waals surface area contributed by atoms with Gasteiger partial charge in [0.05, 0.1) is 0 Å². The average Bonchev–Trinajstić information content (AvgIpc) is 3.08. The third kappa shape index (κ3) is 2.73. The minimum Gasteiger partial charge on any atom is -0.346 e. The van der Waals surface area contributed by atoms with Gasteiger partial charge in [-0.3, -0.25) is 0 Å². The van der Waals surface area contributed by atoms with Crippen molar-refractivity contribution in [2.75, 3.05) is 22.9 Å². The van der Waals surface area contributed by atoms with E-state index in [9.17, 15) is 4.39 Å². The normalized spacial score (nSPS) is 15.0. The van der Waals surface area contributed by atoms with E-state index in [0.29, 0.717) is 0 Å². The molecule has 2 nitrogen and oxygen atoms in total. The van der Waals surface area contributed by atoms with Gasteiger partial charge in [-0.2, -0.15) is 0 Å². The van der Waals surface area contributed by atoms with Gasteiger partial charge in [0.15, 0.2) is 0 Å². The van der Waals surface area contributed by atoms with Gasteiger partial charge in [0.1, 0.15) is 12.0 Å². The Hall–Kier alpha value is -2.81. The molecule has 0 saturated carbocycles. The Morgan fingerprint density at radius 1 is 0.667 bits per heavy atom. The van der Waals surface area contributed by atoms with Crippen LogP contribution in [0.2, 0.25) is 0 Å². The fourth-order valence-corrected chi connectivity index (χ4v) is 3.43. The zero-order valence-electron chi connectivity index (χ0n) is 13.3. The van der Waals surface area contributed by atoms with Gasteiger partial charge < -0.3 is 9.80 Å². The molecule has 24 heavy (non-hydrogen) atoms.